The molecule has 5 rings (SSSR count). The molecule has 3 heterocycles. The van der Waals surface area contributed by atoms with E-state index in [2.05, 4.69) is 48.6 Å². The Morgan fingerprint density at radius 1 is 1.19 bits per heavy atom. The number of fused-ring (bicyclic) bond motifs is 1. The van der Waals surface area contributed by atoms with Gasteiger partial charge >= 0.3 is 0 Å². The van der Waals surface area contributed by atoms with E-state index in [1.165, 1.54) is 18.4 Å². The molecule has 0 radical (unpaired) electrons. The van der Waals surface area contributed by atoms with Crippen LogP contribution in [0.3, 0.4) is 0 Å². The van der Waals surface area contributed by atoms with Gasteiger partial charge in [0.1, 0.15) is 5.82 Å². The van der Waals surface area contributed by atoms with Crippen molar-refractivity contribution in [3.8, 4) is 0 Å². The molecule has 1 aliphatic carbocycles. The highest BCUT2D eigenvalue weighted by molar-refractivity contribution is 5.76. The SMILES string of the molecule is Cn1cnc2ccc(CNc3nccc(NC4CC(C5CC5)NN4)n3)cc21. The molecule has 2 fully saturated rings. The summed E-state index contributed by atoms with van der Waals surface area (Å²) in [6.07, 6.45) is 7.58. The summed E-state index contributed by atoms with van der Waals surface area (Å²) < 4.78 is 2.03. The maximum absolute atomic E-state index is 4.59. The Bertz CT molecular complexity index is 948. The minimum Gasteiger partial charge on any atom is -0.353 e. The van der Waals surface area contributed by atoms with E-state index < -0.39 is 0 Å². The van der Waals surface area contributed by atoms with Crippen molar-refractivity contribution < 1.29 is 0 Å². The van der Waals surface area contributed by atoms with Crippen molar-refractivity contribution in [2.24, 2.45) is 13.0 Å². The van der Waals surface area contributed by atoms with Crippen LogP contribution in [0.4, 0.5) is 11.8 Å². The average molecular weight is 364 g/mol. The lowest BCUT2D eigenvalue weighted by Crippen LogP contribution is -2.37. The number of rotatable bonds is 6. The predicted molar refractivity (Wildman–Crippen MR) is 105 cm³/mol. The van der Waals surface area contributed by atoms with Crippen LogP contribution in [0.15, 0.2) is 36.8 Å². The van der Waals surface area contributed by atoms with Gasteiger partial charge in [-0.05, 0) is 48.9 Å². The molecule has 2 atom stereocenters. The number of aryl methyl sites for hydroxylation is 1. The second kappa shape index (κ2) is 6.79. The van der Waals surface area contributed by atoms with Gasteiger partial charge in [0.05, 0.1) is 23.5 Å². The fraction of sp³-hybridized carbons (Fsp3) is 0.421. The summed E-state index contributed by atoms with van der Waals surface area (Å²) in [5.74, 6) is 2.28. The van der Waals surface area contributed by atoms with Crippen LogP contribution in [-0.4, -0.2) is 31.7 Å². The largest absolute Gasteiger partial charge is 0.353 e. The van der Waals surface area contributed by atoms with Crippen molar-refractivity contribution in [1.29, 1.82) is 0 Å². The van der Waals surface area contributed by atoms with Crippen molar-refractivity contribution in [2.45, 2.75) is 38.0 Å². The lowest BCUT2D eigenvalue weighted by Gasteiger charge is -2.13. The van der Waals surface area contributed by atoms with Crippen LogP contribution >= 0.6 is 0 Å². The number of aromatic nitrogens is 4. The fourth-order valence-electron chi connectivity index (χ4n) is 3.65. The third-order valence-corrected chi connectivity index (χ3v) is 5.34. The summed E-state index contributed by atoms with van der Waals surface area (Å²) in [5.41, 5.74) is 10.0. The molecule has 1 aliphatic heterocycles. The molecule has 4 N–H and O–H groups in total. The smallest absolute Gasteiger partial charge is 0.224 e. The van der Waals surface area contributed by atoms with Crippen molar-refractivity contribution in [3.63, 3.8) is 0 Å². The second-order valence-electron chi connectivity index (χ2n) is 7.46. The Morgan fingerprint density at radius 2 is 2.11 bits per heavy atom. The molecule has 140 valence electrons. The molecule has 1 aromatic carbocycles. The van der Waals surface area contributed by atoms with E-state index in [-0.39, 0.29) is 6.17 Å². The third-order valence-electron chi connectivity index (χ3n) is 5.34. The van der Waals surface area contributed by atoms with Crippen molar-refractivity contribution in [2.75, 3.05) is 10.6 Å². The Labute approximate surface area is 157 Å². The standard InChI is InChI=1S/C19H24N8/c1-27-11-22-14-5-2-12(8-16(14)27)10-21-19-20-7-6-17(24-19)23-18-9-15(25-26-18)13-3-4-13/h2,5-8,11,13,15,18,25-26H,3-4,9-10H2,1H3,(H2,20,21,23,24). The van der Waals surface area contributed by atoms with Crippen LogP contribution in [-0.2, 0) is 13.6 Å². The van der Waals surface area contributed by atoms with Gasteiger partial charge in [-0.25, -0.2) is 15.4 Å². The molecule has 27 heavy (non-hydrogen) atoms. The van der Waals surface area contributed by atoms with Gasteiger partial charge in [0.25, 0.3) is 0 Å². The van der Waals surface area contributed by atoms with Crippen LogP contribution < -0.4 is 21.5 Å². The second-order valence-corrected chi connectivity index (χ2v) is 7.46. The highest BCUT2D eigenvalue weighted by atomic mass is 15.5. The van der Waals surface area contributed by atoms with E-state index in [0.717, 1.165) is 29.2 Å². The first kappa shape index (κ1) is 16.5. The zero-order valence-corrected chi connectivity index (χ0v) is 15.3. The van der Waals surface area contributed by atoms with Crippen molar-refractivity contribution >= 4 is 22.8 Å². The maximum Gasteiger partial charge on any atom is 0.224 e. The van der Waals surface area contributed by atoms with Crippen molar-refractivity contribution in [3.05, 3.63) is 42.4 Å². The molecular formula is C19H24N8. The van der Waals surface area contributed by atoms with E-state index >= 15 is 0 Å². The van der Waals surface area contributed by atoms with Crippen LogP contribution in [0.1, 0.15) is 24.8 Å². The first-order valence-corrected chi connectivity index (χ1v) is 9.49. The number of hydrogen-bond donors (Lipinski definition) is 4. The van der Waals surface area contributed by atoms with Crippen molar-refractivity contribution in [1.82, 2.24) is 30.4 Å². The maximum atomic E-state index is 4.59. The molecular weight excluding hydrogens is 340 g/mol. The van der Waals surface area contributed by atoms with Crippen LogP contribution in [0, 0.1) is 5.92 Å². The Balaban J connectivity index is 1.21. The van der Waals surface area contributed by atoms with Gasteiger partial charge in [-0.2, -0.15) is 4.98 Å². The molecule has 1 saturated heterocycles. The summed E-state index contributed by atoms with van der Waals surface area (Å²) in [4.78, 5) is 13.3. The lowest BCUT2D eigenvalue weighted by atomic mass is 10.1. The van der Waals surface area contributed by atoms with E-state index in [4.69, 9.17) is 0 Å². The van der Waals surface area contributed by atoms with Gasteiger partial charge in [-0.1, -0.05) is 6.07 Å². The molecule has 0 amide bonds. The number of imidazole rings is 1. The first-order chi connectivity index (χ1) is 13.2. The minimum absolute atomic E-state index is 0.200. The number of benzene rings is 1. The van der Waals surface area contributed by atoms with Crippen LogP contribution in [0.2, 0.25) is 0 Å². The van der Waals surface area contributed by atoms with E-state index in [9.17, 15) is 0 Å². The predicted octanol–water partition coefficient (Wildman–Crippen LogP) is 1.99. The fourth-order valence-corrected chi connectivity index (χ4v) is 3.65. The minimum atomic E-state index is 0.200. The normalized spacial score (nSPS) is 22.3. The molecule has 3 aromatic rings. The number of hydrazine groups is 1. The van der Waals surface area contributed by atoms with Gasteiger partial charge in [0.15, 0.2) is 0 Å². The average Bonchev–Trinajstić information content (AvgIpc) is 3.33. The summed E-state index contributed by atoms with van der Waals surface area (Å²) in [7, 11) is 2.00. The molecule has 2 aromatic heterocycles. The number of hydrogen-bond acceptors (Lipinski definition) is 7. The van der Waals surface area contributed by atoms with Gasteiger partial charge in [-0.15, -0.1) is 0 Å². The van der Waals surface area contributed by atoms with Gasteiger partial charge < -0.3 is 15.2 Å². The summed E-state index contributed by atoms with van der Waals surface area (Å²) in [5, 5.41) is 6.76. The van der Waals surface area contributed by atoms with E-state index in [1.807, 2.05) is 30.1 Å². The molecule has 2 aliphatic rings. The summed E-state index contributed by atoms with van der Waals surface area (Å²) >= 11 is 0. The van der Waals surface area contributed by atoms with Gasteiger partial charge in [-0.3, -0.25) is 5.43 Å². The van der Waals surface area contributed by atoms with Gasteiger partial charge in [0, 0.05) is 25.8 Å². The quantitative estimate of drug-likeness (QED) is 0.532. The Morgan fingerprint density at radius 3 is 3.00 bits per heavy atom. The van der Waals surface area contributed by atoms with E-state index in [0.29, 0.717) is 18.5 Å². The number of nitrogens with zero attached hydrogens (tertiary/aromatic N) is 4. The molecule has 2 unspecified atom stereocenters. The first-order valence-electron chi connectivity index (χ1n) is 9.49. The Hall–Kier alpha value is -2.71. The highest BCUT2D eigenvalue weighted by Gasteiger charge is 2.36. The molecule has 8 heteroatoms. The van der Waals surface area contributed by atoms with Crippen LogP contribution in [0.25, 0.3) is 11.0 Å². The Kier molecular flexibility index (Phi) is 4.14. The molecule has 0 bridgehead atoms. The monoisotopic (exact) mass is 364 g/mol. The zero-order chi connectivity index (χ0) is 18.2. The number of nitrogens with one attached hydrogen (secondary N) is 4. The third kappa shape index (κ3) is 3.58. The summed E-state index contributed by atoms with van der Waals surface area (Å²) in [6.45, 7) is 0.664. The lowest BCUT2D eigenvalue weighted by molar-refractivity contribution is 0.502. The van der Waals surface area contributed by atoms with E-state index in [1.54, 1.807) is 6.20 Å². The molecule has 8 nitrogen and oxygen atoms in total. The molecule has 0 spiro atoms. The molecule has 1 saturated carbocycles. The highest BCUT2D eigenvalue weighted by Crippen LogP contribution is 2.35. The number of anilines is 2. The zero-order valence-electron chi connectivity index (χ0n) is 15.3. The topological polar surface area (TPSA) is 91.7 Å². The summed E-state index contributed by atoms with van der Waals surface area (Å²) in [6, 6.07) is 8.74. The van der Waals surface area contributed by atoms with Gasteiger partial charge in [0.2, 0.25) is 5.95 Å². The van der Waals surface area contributed by atoms with Crippen LogP contribution in [0.5, 0.6) is 0 Å².